The van der Waals surface area contributed by atoms with E-state index in [9.17, 15) is 31.4 Å². The lowest BCUT2D eigenvalue weighted by molar-refractivity contribution is -0.138. The molecule has 0 radical (unpaired) electrons. The normalized spacial score (nSPS) is 13.1. The maximum absolute atomic E-state index is 13.5. The van der Waals surface area contributed by atoms with E-state index in [-0.39, 0.29) is 30.2 Å². The number of nitrogens with zero attached hydrogens (tertiary/aromatic N) is 3. The molecule has 3 aromatic heterocycles. The van der Waals surface area contributed by atoms with Crippen LogP contribution in [0, 0.1) is 0 Å². The SMILES string of the molecule is CC(O)COCc1cc(Nc2ccc(C(F)(F)F)cc2)c2ccc(-c3ncccc3C(F)(F)F)nc2n1. The predicted molar refractivity (Wildman–Crippen MR) is 124 cm³/mol. The second-order valence-corrected chi connectivity index (χ2v) is 8.19. The smallest absolute Gasteiger partial charge is 0.391 e. The summed E-state index contributed by atoms with van der Waals surface area (Å²) in [4.78, 5) is 12.5. The molecule has 0 saturated carbocycles. The molecule has 6 nitrogen and oxygen atoms in total. The average Bonchev–Trinajstić information content (AvgIpc) is 2.83. The van der Waals surface area contributed by atoms with Crippen LogP contribution in [0.1, 0.15) is 23.7 Å². The van der Waals surface area contributed by atoms with E-state index in [2.05, 4.69) is 20.3 Å². The molecule has 0 fully saturated rings. The molecule has 12 heteroatoms. The van der Waals surface area contributed by atoms with Crippen LogP contribution in [0.5, 0.6) is 0 Å². The van der Waals surface area contributed by atoms with Gasteiger partial charge in [-0.2, -0.15) is 26.3 Å². The monoisotopic (exact) mass is 522 g/mol. The zero-order chi connectivity index (χ0) is 26.8. The summed E-state index contributed by atoms with van der Waals surface area (Å²) in [6.45, 7) is 1.49. The summed E-state index contributed by atoms with van der Waals surface area (Å²) < 4.78 is 84.7. The molecule has 0 aliphatic carbocycles. The molecule has 2 N–H and O–H groups in total. The third kappa shape index (κ3) is 6.33. The van der Waals surface area contributed by atoms with Crippen LogP contribution in [0.4, 0.5) is 37.7 Å². The third-order valence-corrected chi connectivity index (χ3v) is 5.18. The number of benzene rings is 1. The van der Waals surface area contributed by atoms with Crippen molar-refractivity contribution in [3.8, 4) is 11.4 Å². The van der Waals surface area contributed by atoms with Crippen LogP contribution < -0.4 is 5.32 Å². The van der Waals surface area contributed by atoms with Crippen molar-refractivity contribution < 1.29 is 36.2 Å². The molecule has 0 aliphatic heterocycles. The minimum atomic E-state index is -4.65. The Hall–Kier alpha value is -3.77. The van der Waals surface area contributed by atoms with Crippen molar-refractivity contribution in [3.05, 3.63) is 77.6 Å². The maximum Gasteiger partial charge on any atom is 0.418 e. The Labute approximate surface area is 207 Å². The van der Waals surface area contributed by atoms with Gasteiger partial charge in [-0.3, -0.25) is 4.98 Å². The van der Waals surface area contributed by atoms with Crippen LogP contribution in [0.25, 0.3) is 22.4 Å². The lowest BCUT2D eigenvalue weighted by Gasteiger charge is -2.15. The molecule has 3 heterocycles. The Bertz CT molecular complexity index is 1390. The van der Waals surface area contributed by atoms with Crippen LogP contribution in [-0.2, 0) is 23.7 Å². The Morgan fingerprint density at radius 3 is 2.32 bits per heavy atom. The van der Waals surface area contributed by atoms with Crippen molar-refractivity contribution in [1.29, 1.82) is 0 Å². The first-order chi connectivity index (χ1) is 17.4. The van der Waals surface area contributed by atoms with E-state index in [1.807, 2.05) is 0 Å². The van der Waals surface area contributed by atoms with Crippen LogP contribution in [0.2, 0.25) is 0 Å². The van der Waals surface area contributed by atoms with E-state index in [0.717, 1.165) is 18.2 Å². The number of fused-ring (bicyclic) bond motifs is 1. The zero-order valence-electron chi connectivity index (χ0n) is 19.2. The molecule has 0 aliphatic rings. The van der Waals surface area contributed by atoms with Gasteiger partial charge in [0.1, 0.15) is 5.69 Å². The molecule has 4 rings (SSSR count). The van der Waals surface area contributed by atoms with Crippen LogP contribution in [0.15, 0.2) is 60.8 Å². The average molecular weight is 522 g/mol. The Kier molecular flexibility index (Phi) is 7.32. The van der Waals surface area contributed by atoms with Gasteiger partial charge in [-0.05, 0) is 61.5 Å². The van der Waals surface area contributed by atoms with E-state index in [1.165, 1.54) is 43.5 Å². The summed E-state index contributed by atoms with van der Waals surface area (Å²) in [5.41, 5.74) is -1.05. The van der Waals surface area contributed by atoms with Gasteiger partial charge in [0.25, 0.3) is 0 Å². The number of halogens is 6. The fourth-order valence-corrected chi connectivity index (χ4v) is 3.54. The number of rotatable bonds is 7. The number of aliphatic hydroxyl groups excluding tert-OH is 1. The number of ether oxygens (including phenoxy) is 1. The van der Waals surface area contributed by atoms with Crippen LogP contribution in [-0.4, -0.2) is 32.8 Å². The molecule has 1 unspecified atom stereocenters. The molecular formula is C25H20F6N4O2. The molecule has 37 heavy (non-hydrogen) atoms. The first-order valence-corrected chi connectivity index (χ1v) is 10.9. The highest BCUT2D eigenvalue weighted by molar-refractivity contribution is 5.92. The quantitative estimate of drug-likeness (QED) is 0.275. The summed E-state index contributed by atoms with van der Waals surface area (Å²) in [5, 5.41) is 12.9. The van der Waals surface area contributed by atoms with Gasteiger partial charge < -0.3 is 15.2 Å². The van der Waals surface area contributed by atoms with Crippen molar-refractivity contribution in [2.45, 2.75) is 32.0 Å². The van der Waals surface area contributed by atoms with Crippen molar-refractivity contribution in [3.63, 3.8) is 0 Å². The number of hydrogen-bond acceptors (Lipinski definition) is 6. The number of nitrogens with one attached hydrogen (secondary N) is 1. The predicted octanol–water partition coefficient (Wildman–Crippen LogP) is 6.37. The van der Waals surface area contributed by atoms with Gasteiger partial charge >= 0.3 is 12.4 Å². The van der Waals surface area contributed by atoms with Crippen molar-refractivity contribution in [1.82, 2.24) is 15.0 Å². The number of anilines is 2. The summed E-state index contributed by atoms with van der Waals surface area (Å²) in [7, 11) is 0. The highest BCUT2D eigenvalue weighted by atomic mass is 19.4. The second-order valence-electron chi connectivity index (χ2n) is 8.19. The molecule has 4 aromatic rings. The molecule has 0 saturated heterocycles. The highest BCUT2D eigenvalue weighted by Crippen LogP contribution is 2.36. The number of alkyl halides is 6. The topological polar surface area (TPSA) is 80.2 Å². The van der Waals surface area contributed by atoms with Crippen molar-refractivity contribution >= 4 is 22.4 Å². The standard InChI is InChI=1S/C25H20F6N4O2/c1-14(36)12-37-13-17-11-21(33-16-6-4-15(5-7-16)24(26,27)28)18-8-9-20(35-23(18)34-17)22-19(25(29,30)31)3-2-10-32-22/h2-11,14,36H,12-13H2,1H3,(H,33,34,35). The second kappa shape index (κ2) is 10.3. The summed E-state index contributed by atoms with van der Waals surface area (Å²) >= 11 is 0. The maximum atomic E-state index is 13.5. The molecule has 1 aromatic carbocycles. The molecule has 194 valence electrons. The third-order valence-electron chi connectivity index (χ3n) is 5.18. The fraction of sp³-hybridized carbons (Fsp3) is 0.240. The van der Waals surface area contributed by atoms with Gasteiger partial charge in [0.2, 0.25) is 0 Å². The van der Waals surface area contributed by atoms with Crippen molar-refractivity contribution in [2.24, 2.45) is 0 Å². The minimum Gasteiger partial charge on any atom is -0.391 e. The number of pyridine rings is 3. The van der Waals surface area contributed by atoms with Gasteiger partial charge in [0, 0.05) is 17.3 Å². The van der Waals surface area contributed by atoms with Gasteiger partial charge in [-0.15, -0.1) is 0 Å². The van der Waals surface area contributed by atoms with E-state index in [1.54, 1.807) is 6.07 Å². The Morgan fingerprint density at radius 1 is 0.946 bits per heavy atom. The lowest BCUT2D eigenvalue weighted by Crippen LogP contribution is -2.11. The van der Waals surface area contributed by atoms with E-state index in [4.69, 9.17) is 4.74 Å². The number of hydrogen-bond donors (Lipinski definition) is 2. The minimum absolute atomic E-state index is 0.0116. The number of aromatic nitrogens is 3. The molecule has 0 amide bonds. The molecule has 0 bridgehead atoms. The first kappa shape index (κ1) is 26.3. The lowest BCUT2D eigenvalue weighted by atomic mass is 10.1. The van der Waals surface area contributed by atoms with Gasteiger partial charge in [0.15, 0.2) is 5.65 Å². The van der Waals surface area contributed by atoms with Gasteiger partial charge in [-0.1, -0.05) is 0 Å². The van der Waals surface area contributed by atoms with Crippen LogP contribution >= 0.6 is 0 Å². The molecular weight excluding hydrogens is 502 g/mol. The molecule has 0 spiro atoms. The first-order valence-electron chi connectivity index (χ1n) is 10.9. The van der Waals surface area contributed by atoms with Crippen LogP contribution in [0.3, 0.4) is 0 Å². The fourth-order valence-electron chi connectivity index (χ4n) is 3.54. The Morgan fingerprint density at radius 2 is 1.68 bits per heavy atom. The molecule has 1 atom stereocenters. The number of aliphatic hydroxyl groups is 1. The van der Waals surface area contributed by atoms with E-state index < -0.39 is 29.6 Å². The summed E-state index contributed by atoms with van der Waals surface area (Å²) in [6, 6.07) is 10.9. The van der Waals surface area contributed by atoms with Gasteiger partial charge in [-0.25, -0.2) is 9.97 Å². The van der Waals surface area contributed by atoms with Gasteiger partial charge in [0.05, 0.1) is 47.5 Å². The van der Waals surface area contributed by atoms with E-state index in [0.29, 0.717) is 22.5 Å². The zero-order valence-corrected chi connectivity index (χ0v) is 19.2. The highest BCUT2D eigenvalue weighted by Gasteiger charge is 2.34. The Balaban J connectivity index is 1.77. The summed E-state index contributed by atoms with van der Waals surface area (Å²) in [5.74, 6) is 0. The summed E-state index contributed by atoms with van der Waals surface area (Å²) in [6.07, 6.45) is -8.65. The van der Waals surface area contributed by atoms with Crippen molar-refractivity contribution in [2.75, 3.05) is 11.9 Å². The largest absolute Gasteiger partial charge is 0.418 e. The van der Waals surface area contributed by atoms with E-state index >= 15 is 0 Å².